The zero-order valence-corrected chi connectivity index (χ0v) is 27.7. The number of fused-ring (bicyclic) bond motifs is 4. The standard InChI is InChI=1S/C15H18N2.C14H18N2O.I3/c1-17-14-5-6-15(17)9-13(8-14)12-4-2-3-11(7-12)10-16;15-14(17)10-3-1-2-9(6-10)11-7-12-4-5-13(8-11)16-12;1-3-2/h2-4,7,13-15H,5-6,8-9H2,1H3;1-3,6,11-13,16H,4-5,7-8H2,(H2,15,17);/q;;-1/t13?,14-,15+;11?,12-,13+;. The van der Waals surface area contributed by atoms with E-state index in [1.54, 1.807) is 6.07 Å². The smallest absolute Gasteiger partial charge is 0.248 e. The molecule has 2 unspecified atom stereocenters. The summed E-state index contributed by atoms with van der Waals surface area (Å²) in [4.78, 5) is 13.7. The molecule has 0 aromatic heterocycles. The van der Waals surface area contributed by atoms with E-state index in [-0.39, 0.29) is 5.91 Å². The summed E-state index contributed by atoms with van der Waals surface area (Å²) >= 11 is 5.30. The van der Waals surface area contributed by atoms with E-state index in [0.29, 0.717) is 42.7 Å². The normalized spacial score (nSPS) is 29.9. The molecule has 0 aliphatic carbocycles. The third-order valence-electron chi connectivity index (χ3n) is 8.70. The Kier molecular flexibility index (Phi) is 11.3. The molecule has 2 aromatic rings. The van der Waals surface area contributed by atoms with Crippen molar-refractivity contribution in [2.45, 2.75) is 87.4 Å². The maximum atomic E-state index is 11.2. The van der Waals surface area contributed by atoms with Gasteiger partial charge < -0.3 is 16.0 Å². The number of nitrogens with zero attached hydrogens (tertiary/aromatic N) is 2. The predicted molar refractivity (Wildman–Crippen MR) is 163 cm³/mol. The number of nitrogens with two attached hydrogens (primary N) is 1. The van der Waals surface area contributed by atoms with Gasteiger partial charge in [-0.05, 0) is 106 Å². The van der Waals surface area contributed by atoms with Crippen LogP contribution in [0.3, 0.4) is 0 Å². The van der Waals surface area contributed by atoms with Crippen LogP contribution in [0.25, 0.3) is 0 Å². The van der Waals surface area contributed by atoms with E-state index in [1.165, 1.54) is 62.5 Å². The number of halogens is 3. The number of primary amides is 1. The van der Waals surface area contributed by atoms with Gasteiger partial charge in [-0.3, -0.25) is 4.79 Å². The van der Waals surface area contributed by atoms with Gasteiger partial charge >= 0.3 is 50.5 Å². The maximum Gasteiger partial charge on any atom is 0.248 e. The van der Waals surface area contributed by atoms with Gasteiger partial charge in [-0.25, -0.2) is 0 Å². The Hall–Kier alpha value is -0.490. The van der Waals surface area contributed by atoms with E-state index in [4.69, 9.17) is 11.0 Å². The molecule has 4 aliphatic heterocycles. The largest absolute Gasteiger partial charge is 0.366 e. The van der Waals surface area contributed by atoms with Crippen molar-refractivity contribution in [3.05, 3.63) is 70.8 Å². The number of hydrogen-bond donors (Lipinski definition) is 2. The Labute approximate surface area is 251 Å². The zero-order valence-electron chi connectivity index (χ0n) is 21.3. The van der Waals surface area contributed by atoms with Gasteiger partial charge in [0.1, 0.15) is 0 Å². The van der Waals surface area contributed by atoms with E-state index in [1.807, 2.05) is 24.3 Å². The molecule has 3 N–H and O–H groups in total. The molecule has 4 saturated heterocycles. The van der Waals surface area contributed by atoms with Crippen LogP contribution < -0.4 is 24.3 Å². The van der Waals surface area contributed by atoms with Gasteiger partial charge in [0.25, 0.3) is 0 Å². The van der Waals surface area contributed by atoms with Gasteiger partial charge in [0.2, 0.25) is 5.91 Å². The van der Waals surface area contributed by atoms with Crippen LogP contribution in [0.4, 0.5) is 0 Å². The molecule has 2 aromatic carbocycles. The summed E-state index contributed by atoms with van der Waals surface area (Å²) in [5, 5.41) is 12.6. The number of nitriles is 1. The van der Waals surface area contributed by atoms with Gasteiger partial charge in [0.05, 0.1) is 11.6 Å². The van der Waals surface area contributed by atoms with Gasteiger partial charge in [-0.15, -0.1) is 0 Å². The van der Waals surface area contributed by atoms with Crippen LogP contribution in [0, 0.1) is 11.3 Å². The number of piperidine rings is 2. The van der Waals surface area contributed by atoms with E-state index in [2.05, 4.69) is 78.8 Å². The second kappa shape index (κ2) is 14.2. The van der Waals surface area contributed by atoms with E-state index < -0.39 is 0 Å². The minimum absolute atomic E-state index is 0.330. The topological polar surface area (TPSA) is 82.2 Å². The Morgan fingerprint density at radius 1 is 0.946 bits per heavy atom. The Bertz CT molecular complexity index is 1080. The fourth-order valence-electron chi connectivity index (χ4n) is 6.82. The number of carbonyl (C=O) groups excluding carboxylic acids is 1. The van der Waals surface area contributed by atoms with Crippen LogP contribution in [0.2, 0.25) is 0 Å². The van der Waals surface area contributed by atoms with Gasteiger partial charge in [-0.2, -0.15) is 5.26 Å². The number of hydrogen-bond acceptors (Lipinski definition) is 4. The van der Waals surface area contributed by atoms with E-state index in [9.17, 15) is 4.79 Å². The monoisotopic (exact) mass is 837 g/mol. The number of benzene rings is 2. The van der Waals surface area contributed by atoms with Gasteiger partial charge in [0.15, 0.2) is 0 Å². The molecule has 1 amide bonds. The maximum absolute atomic E-state index is 11.2. The molecule has 37 heavy (non-hydrogen) atoms. The van der Waals surface area contributed by atoms with Crippen molar-refractivity contribution in [1.82, 2.24) is 10.2 Å². The first-order chi connectivity index (χ1) is 17.9. The second-order valence-electron chi connectivity index (χ2n) is 10.8. The first-order valence-electron chi connectivity index (χ1n) is 13.2. The molecule has 4 aliphatic rings. The van der Waals surface area contributed by atoms with Crippen LogP contribution in [0.5, 0.6) is 0 Å². The first kappa shape index (κ1) is 29.5. The van der Waals surface area contributed by atoms with E-state index >= 15 is 0 Å². The predicted octanol–water partition coefficient (Wildman–Crippen LogP) is 3.46. The molecule has 0 saturated carbocycles. The summed E-state index contributed by atoms with van der Waals surface area (Å²) in [6, 6.07) is 21.2. The van der Waals surface area contributed by atoms with Crippen LogP contribution in [0.15, 0.2) is 48.5 Å². The van der Waals surface area contributed by atoms with Crippen LogP contribution in [-0.2, 0) is 0 Å². The number of carbonyl (C=O) groups is 1. The molecule has 4 bridgehead atoms. The molecule has 6 atom stereocenters. The number of rotatable bonds is 3. The third-order valence-corrected chi connectivity index (χ3v) is 8.70. The average Bonchev–Trinajstić information content (AvgIpc) is 3.33. The van der Waals surface area contributed by atoms with Crippen molar-refractivity contribution in [2.24, 2.45) is 5.73 Å². The summed E-state index contributed by atoms with van der Waals surface area (Å²) in [6.07, 6.45) is 10.2. The van der Waals surface area contributed by atoms with Crippen LogP contribution in [-0.4, -0.2) is 42.0 Å². The first-order valence-corrected chi connectivity index (χ1v) is 25.7. The Morgan fingerprint density at radius 3 is 2.05 bits per heavy atom. The SMILES string of the molecule is CN1[C@@H]2CC[C@H]1CC(c1cccc(C#N)c1)C2.I[I-]I.NC(=O)c1cccc(C2C[C@H]3CC[C@@H](C2)N3)c1. The summed E-state index contributed by atoms with van der Waals surface area (Å²) in [5.41, 5.74) is 9.41. The molecule has 5 nitrogen and oxygen atoms in total. The van der Waals surface area contributed by atoms with Crippen LogP contribution in [0.1, 0.15) is 90.3 Å². The molecule has 6 rings (SSSR count). The van der Waals surface area contributed by atoms with Gasteiger partial charge in [0, 0.05) is 29.7 Å². The molecule has 200 valence electrons. The zero-order chi connectivity index (χ0) is 26.4. The fraction of sp³-hybridized carbons (Fsp3) is 0.517. The van der Waals surface area contributed by atoms with Crippen molar-refractivity contribution < 1.29 is 18.0 Å². The molecule has 8 heteroatoms. The number of nitrogens with one attached hydrogen (secondary N) is 1. The summed E-state index contributed by atoms with van der Waals surface area (Å²) in [5.74, 6) is 0.925. The van der Waals surface area contributed by atoms with Crippen molar-refractivity contribution in [1.29, 1.82) is 5.26 Å². The average molecular weight is 837 g/mol. The molecular formula is C29H36I3N4O-. The number of amides is 1. The summed E-state index contributed by atoms with van der Waals surface area (Å²) < 4.78 is 0. The van der Waals surface area contributed by atoms with Crippen molar-refractivity contribution in [3.63, 3.8) is 0 Å². The molecular weight excluding hydrogens is 801 g/mol. The van der Waals surface area contributed by atoms with Crippen molar-refractivity contribution in [3.8, 4) is 6.07 Å². The minimum atomic E-state index is -0.330. The van der Waals surface area contributed by atoms with E-state index in [0.717, 1.165) is 17.6 Å². The van der Waals surface area contributed by atoms with Crippen molar-refractivity contribution >= 4 is 43.1 Å². The molecule has 4 fully saturated rings. The molecule has 0 radical (unpaired) electrons. The quantitative estimate of drug-likeness (QED) is 0.465. The van der Waals surface area contributed by atoms with Crippen molar-refractivity contribution in [2.75, 3.05) is 7.05 Å². The molecule has 0 spiro atoms. The van der Waals surface area contributed by atoms with Crippen LogP contribution >= 0.6 is 37.2 Å². The fourth-order valence-corrected chi connectivity index (χ4v) is 6.82. The Balaban J connectivity index is 0.000000157. The van der Waals surface area contributed by atoms with Gasteiger partial charge in [-0.1, -0.05) is 24.3 Å². The molecule has 4 heterocycles. The third kappa shape index (κ3) is 7.80. The summed E-state index contributed by atoms with van der Waals surface area (Å²) in [7, 11) is 2.27. The Morgan fingerprint density at radius 2 is 1.49 bits per heavy atom. The second-order valence-corrected chi connectivity index (χ2v) is 27.1. The summed E-state index contributed by atoms with van der Waals surface area (Å²) in [6.45, 7) is 0. The minimum Gasteiger partial charge on any atom is -0.366 e.